The molecule has 0 spiro atoms. The molecular formula is C21H37N3O2. The lowest BCUT2D eigenvalue weighted by atomic mass is 9.74. The van der Waals surface area contributed by atoms with E-state index in [1.165, 1.54) is 32.1 Å². The summed E-state index contributed by atoms with van der Waals surface area (Å²) >= 11 is 0. The van der Waals surface area contributed by atoms with Gasteiger partial charge in [-0.25, -0.2) is 4.68 Å². The van der Waals surface area contributed by atoms with Crippen LogP contribution in [0.4, 0.5) is 0 Å². The van der Waals surface area contributed by atoms with E-state index in [4.69, 9.17) is 5.11 Å². The molecule has 0 bridgehead atoms. The predicted octanol–water partition coefficient (Wildman–Crippen LogP) is 5.27. The number of hydrogen-bond donors (Lipinski definition) is 1. The first-order valence-corrected chi connectivity index (χ1v) is 10.6. The Bertz CT molecular complexity index is 541. The first-order valence-electron chi connectivity index (χ1n) is 10.6. The molecule has 3 atom stereocenters. The van der Waals surface area contributed by atoms with E-state index in [1.807, 2.05) is 0 Å². The van der Waals surface area contributed by atoms with E-state index >= 15 is 0 Å². The summed E-state index contributed by atoms with van der Waals surface area (Å²) in [5.74, 6) is 1.51. The standard InChI is InChI=1S/C21H37N3O2/c1-16(2)19-13-12-17(3)14-20(19)24-15-18(22-23-24)10-8-6-4-5-7-9-11-21(25)26/h15-17,19-20H,4-14H2,1-3H3,(H,25,26)/t17-,19-,20+/m0/s1. The first kappa shape index (κ1) is 20.9. The number of carboxylic acid groups (broad SMARTS) is 1. The molecule has 1 aliphatic rings. The van der Waals surface area contributed by atoms with Crippen LogP contribution in [-0.2, 0) is 11.2 Å². The molecule has 0 unspecified atom stereocenters. The third kappa shape index (κ3) is 6.73. The van der Waals surface area contributed by atoms with Gasteiger partial charge in [-0.05, 0) is 49.9 Å². The molecule has 1 aliphatic carbocycles. The highest BCUT2D eigenvalue weighted by Crippen LogP contribution is 2.40. The van der Waals surface area contributed by atoms with Crippen molar-refractivity contribution in [3.8, 4) is 0 Å². The van der Waals surface area contributed by atoms with Crippen molar-refractivity contribution in [2.24, 2.45) is 17.8 Å². The fourth-order valence-electron chi connectivity index (χ4n) is 4.34. The van der Waals surface area contributed by atoms with Crippen LogP contribution in [0.3, 0.4) is 0 Å². The average Bonchev–Trinajstić information content (AvgIpc) is 3.05. The Morgan fingerprint density at radius 1 is 1.19 bits per heavy atom. The van der Waals surface area contributed by atoms with Gasteiger partial charge in [0.05, 0.1) is 11.7 Å². The summed E-state index contributed by atoms with van der Waals surface area (Å²) in [5.41, 5.74) is 1.12. The van der Waals surface area contributed by atoms with Gasteiger partial charge in [-0.3, -0.25) is 4.79 Å². The van der Waals surface area contributed by atoms with E-state index in [1.54, 1.807) is 0 Å². The Hall–Kier alpha value is -1.39. The minimum Gasteiger partial charge on any atom is -0.481 e. The number of aliphatic carboxylic acids is 1. The van der Waals surface area contributed by atoms with Gasteiger partial charge in [0.2, 0.25) is 0 Å². The average molecular weight is 364 g/mol. The topological polar surface area (TPSA) is 68.0 Å². The number of carboxylic acids is 1. The Morgan fingerprint density at radius 2 is 1.88 bits per heavy atom. The van der Waals surface area contributed by atoms with Crippen LogP contribution in [0.25, 0.3) is 0 Å². The summed E-state index contributed by atoms with van der Waals surface area (Å²) in [6.07, 6.45) is 13.9. The Morgan fingerprint density at radius 3 is 2.58 bits per heavy atom. The highest BCUT2D eigenvalue weighted by atomic mass is 16.4. The van der Waals surface area contributed by atoms with E-state index in [0.29, 0.717) is 24.3 Å². The number of rotatable bonds is 11. The number of carbonyl (C=O) groups is 1. The largest absolute Gasteiger partial charge is 0.481 e. The Labute approximate surface area is 158 Å². The van der Waals surface area contributed by atoms with Crippen LogP contribution in [-0.4, -0.2) is 26.1 Å². The van der Waals surface area contributed by atoms with Crippen LogP contribution in [0.2, 0.25) is 0 Å². The molecule has 0 saturated heterocycles. The maximum absolute atomic E-state index is 10.5. The van der Waals surface area contributed by atoms with Crippen LogP contribution in [0.1, 0.15) is 96.7 Å². The molecule has 1 N–H and O–H groups in total. The predicted molar refractivity (Wildman–Crippen MR) is 104 cm³/mol. The molecule has 0 amide bonds. The lowest BCUT2D eigenvalue weighted by Gasteiger charge is -2.37. The number of nitrogens with zero attached hydrogens (tertiary/aromatic N) is 3. The van der Waals surface area contributed by atoms with Crippen LogP contribution in [0.5, 0.6) is 0 Å². The molecule has 5 nitrogen and oxygen atoms in total. The second-order valence-electron chi connectivity index (χ2n) is 8.60. The number of aromatic nitrogens is 3. The van der Waals surface area contributed by atoms with E-state index in [-0.39, 0.29) is 0 Å². The van der Waals surface area contributed by atoms with Gasteiger partial charge in [0.25, 0.3) is 0 Å². The molecule has 1 heterocycles. The Kier molecular flexibility index (Phi) is 8.60. The summed E-state index contributed by atoms with van der Waals surface area (Å²) in [5, 5.41) is 17.5. The van der Waals surface area contributed by atoms with Crippen molar-refractivity contribution in [1.29, 1.82) is 0 Å². The maximum atomic E-state index is 10.5. The lowest BCUT2D eigenvalue weighted by molar-refractivity contribution is -0.137. The van der Waals surface area contributed by atoms with Crippen molar-refractivity contribution in [3.63, 3.8) is 0 Å². The minimum absolute atomic E-state index is 0.306. The number of aryl methyl sites for hydroxylation is 1. The zero-order valence-corrected chi connectivity index (χ0v) is 16.9. The summed E-state index contributed by atoms with van der Waals surface area (Å²) in [6.45, 7) is 7.03. The summed E-state index contributed by atoms with van der Waals surface area (Å²) < 4.78 is 2.15. The molecule has 0 aromatic carbocycles. The van der Waals surface area contributed by atoms with Gasteiger partial charge in [0.1, 0.15) is 0 Å². The molecule has 0 radical (unpaired) electrons. The first-order chi connectivity index (χ1) is 12.5. The van der Waals surface area contributed by atoms with Crippen molar-refractivity contribution in [3.05, 3.63) is 11.9 Å². The fraction of sp³-hybridized carbons (Fsp3) is 0.857. The van der Waals surface area contributed by atoms with E-state index in [2.05, 4.69) is 42.0 Å². The van der Waals surface area contributed by atoms with Gasteiger partial charge >= 0.3 is 5.97 Å². The van der Waals surface area contributed by atoms with Gasteiger partial charge < -0.3 is 5.11 Å². The monoisotopic (exact) mass is 363 g/mol. The van der Waals surface area contributed by atoms with Gasteiger partial charge in [-0.15, -0.1) is 5.10 Å². The zero-order valence-electron chi connectivity index (χ0n) is 16.9. The normalized spacial score (nSPS) is 23.5. The smallest absolute Gasteiger partial charge is 0.303 e. The number of unbranched alkanes of at least 4 members (excludes halogenated alkanes) is 5. The highest BCUT2D eigenvalue weighted by Gasteiger charge is 2.32. The second kappa shape index (κ2) is 10.7. The summed E-state index contributed by atoms with van der Waals surface area (Å²) in [6, 6.07) is 0.509. The summed E-state index contributed by atoms with van der Waals surface area (Å²) in [7, 11) is 0. The molecule has 0 aliphatic heterocycles. The molecule has 1 saturated carbocycles. The number of hydrogen-bond acceptors (Lipinski definition) is 3. The van der Waals surface area contributed by atoms with Gasteiger partial charge in [0, 0.05) is 12.6 Å². The SMILES string of the molecule is CC(C)[C@@H]1CC[C@H](C)C[C@H]1n1cc(CCCCCCCCC(=O)O)nn1. The van der Waals surface area contributed by atoms with Crippen molar-refractivity contribution in [1.82, 2.24) is 15.0 Å². The van der Waals surface area contributed by atoms with Crippen LogP contribution < -0.4 is 0 Å². The third-order valence-electron chi connectivity index (χ3n) is 5.96. The van der Waals surface area contributed by atoms with E-state index in [0.717, 1.165) is 43.7 Å². The molecule has 2 rings (SSSR count). The Balaban J connectivity index is 1.71. The minimum atomic E-state index is -0.680. The molecule has 26 heavy (non-hydrogen) atoms. The van der Waals surface area contributed by atoms with Crippen molar-refractivity contribution in [2.75, 3.05) is 0 Å². The molecular weight excluding hydrogens is 326 g/mol. The summed E-state index contributed by atoms with van der Waals surface area (Å²) in [4.78, 5) is 10.5. The molecule has 1 fully saturated rings. The maximum Gasteiger partial charge on any atom is 0.303 e. The van der Waals surface area contributed by atoms with Gasteiger partial charge in [-0.2, -0.15) is 0 Å². The highest BCUT2D eigenvalue weighted by molar-refractivity contribution is 5.66. The lowest BCUT2D eigenvalue weighted by Crippen LogP contribution is -2.30. The second-order valence-corrected chi connectivity index (χ2v) is 8.60. The quantitative estimate of drug-likeness (QED) is 0.544. The van der Waals surface area contributed by atoms with E-state index < -0.39 is 5.97 Å². The fourth-order valence-corrected chi connectivity index (χ4v) is 4.34. The van der Waals surface area contributed by atoms with Gasteiger partial charge in [0.15, 0.2) is 0 Å². The van der Waals surface area contributed by atoms with Crippen molar-refractivity contribution >= 4 is 5.97 Å². The molecule has 1 aromatic rings. The molecule has 1 aromatic heterocycles. The van der Waals surface area contributed by atoms with Gasteiger partial charge in [-0.1, -0.05) is 58.1 Å². The van der Waals surface area contributed by atoms with Crippen LogP contribution in [0, 0.1) is 17.8 Å². The molecule has 5 heteroatoms. The van der Waals surface area contributed by atoms with Crippen LogP contribution in [0.15, 0.2) is 6.20 Å². The van der Waals surface area contributed by atoms with Crippen molar-refractivity contribution in [2.45, 2.75) is 97.4 Å². The molecule has 148 valence electrons. The van der Waals surface area contributed by atoms with Crippen LogP contribution >= 0.6 is 0 Å². The third-order valence-corrected chi connectivity index (χ3v) is 5.96. The zero-order chi connectivity index (χ0) is 18.9. The van der Waals surface area contributed by atoms with Crippen molar-refractivity contribution < 1.29 is 9.90 Å². The van der Waals surface area contributed by atoms with E-state index in [9.17, 15) is 4.79 Å².